The molecule has 8 nitrogen and oxygen atoms in total. The van der Waals surface area contributed by atoms with Crippen molar-refractivity contribution >= 4 is 23.6 Å². The van der Waals surface area contributed by atoms with Gasteiger partial charge in [-0.3, -0.25) is 19.7 Å². The van der Waals surface area contributed by atoms with E-state index in [4.69, 9.17) is 5.11 Å². The molecule has 0 spiro atoms. The molecule has 2 aromatic rings. The second kappa shape index (κ2) is 9.09. The van der Waals surface area contributed by atoms with Gasteiger partial charge in [0.1, 0.15) is 5.70 Å². The number of aliphatic hydroxyl groups is 1. The second-order valence-corrected chi connectivity index (χ2v) is 5.21. The van der Waals surface area contributed by atoms with Crippen LogP contribution in [0, 0.1) is 10.1 Å². The van der Waals surface area contributed by atoms with Crippen LogP contribution in [0.2, 0.25) is 0 Å². The van der Waals surface area contributed by atoms with E-state index in [1.54, 1.807) is 30.3 Å². The molecule has 0 aliphatic rings. The highest BCUT2D eigenvalue weighted by Gasteiger charge is 2.14. The number of nitro benzene ring substituents is 1. The number of aliphatic hydroxyl groups excluding tert-OH is 1. The van der Waals surface area contributed by atoms with E-state index in [0.29, 0.717) is 11.1 Å². The number of hydrogen-bond acceptors (Lipinski definition) is 5. The Labute approximate surface area is 149 Å². The summed E-state index contributed by atoms with van der Waals surface area (Å²) in [5.74, 6) is -1.06. The average molecular weight is 355 g/mol. The zero-order valence-corrected chi connectivity index (χ0v) is 13.7. The molecule has 0 unspecified atom stereocenters. The SMILES string of the molecule is O=C(NCCO)C(=Cc1ccc([N+](=O)[O-])cc1)NC(=O)c1ccccc1. The topological polar surface area (TPSA) is 122 Å². The number of nitro groups is 1. The lowest BCUT2D eigenvalue weighted by Gasteiger charge is -2.10. The summed E-state index contributed by atoms with van der Waals surface area (Å²) in [5, 5.41) is 24.5. The molecule has 0 heterocycles. The van der Waals surface area contributed by atoms with E-state index in [9.17, 15) is 19.7 Å². The third kappa shape index (κ3) is 5.25. The fourth-order valence-corrected chi connectivity index (χ4v) is 2.07. The largest absolute Gasteiger partial charge is 0.395 e. The van der Waals surface area contributed by atoms with Crippen LogP contribution in [0.1, 0.15) is 15.9 Å². The predicted molar refractivity (Wildman–Crippen MR) is 95.1 cm³/mol. The molecule has 2 amide bonds. The Morgan fingerprint density at radius 1 is 1.08 bits per heavy atom. The molecule has 8 heteroatoms. The molecule has 0 saturated carbocycles. The molecule has 0 aromatic heterocycles. The van der Waals surface area contributed by atoms with Crippen molar-refractivity contribution in [3.05, 3.63) is 81.5 Å². The van der Waals surface area contributed by atoms with Gasteiger partial charge >= 0.3 is 0 Å². The van der Waals surface area contributed by atoms with Gasteiger partial charge in [0.2, 0.25) is 0 Å². The van der Waals surface area contributed by atoms with Gasteiger partial charge in [-0.2, -0.15) is 0 Å². The van der Waals surface area contributed by atoms with Crippen LogP contribution in [0.15, 0.2) is 60.3 Å². The predicted octanol–water partition coefficient (Wildman–Crippen LogP) is 1.47. The lowest BCUT2D eigenvalue weighted by molar-refractivity contribution is -0.384. The van der Waals surface area contributed by atoms with Crippen LogP contribution in [-0.4, -0.2) is 35.0 Å². The number of nitrogens with zero attached hydrogens (tertiary/aromatic N) is 1. The highest BCUT2D eigenvalue weighted by atomic mass is 16.6. The van der Waals surface area contributed by atoms with Crippen molar-refractivity contribution < 1.29 is 19.6 Å². The molecule has 0 aliphatic carbocycles. The van der Waals surface area contributed by atoms with Gasteiger partial charge in [0.25, 0.3) is 17.5 Å². The van der Waals surface area contributed by atoms with Crippen molar-refractivity contribution in [3.63, 3.8) is 0 Å². The maximum absolute atomic E-state index is 12.3. The Bertz CT molecular complexity index is 816. The number of benzene rings is 2. The van der Waals surface area contributed by atoms with Crippen LogP contribution in [-0.2, 0) is 4.79 Å². The molecule has 0 bridgehead atoms. The molecule has 0 fully saturated rings. The normalized spacial score (nSPS) is 10.9. The van der Waals surface area contributed by atoms with Crippen molar-refractivity contribution in [1.82, 2.24) is 10.6 Å². The van der Waals surface area contributed by atoms with Gasteiger partial charge in [0.05, 0.1) is 11.5 Å². The Balaban J connectivity index is 2.26. The maximum Gasteiger partial charge on any atom is 0.269 e. The summed E-state index contributed by atoms with van der Waals surface area (Å²) in [6.45, 7) is -0.221. The maximum atomic E-state index is 12.3. The fraction of sp³-hybridized carbons (Fsp3) is 0.111. The van der Waals surface area contributed by atoms with Gasteiger partial charge in [-0.1, -0.05) is 18.2 Å². The number of nitrogens with one attached hydrogen (secondary N) is 2. The highest BCUT2D eigenvalue weighted by Crippen LogP contribution is 2.14. The minimum atomic E-state index is -0.582. The molecule has 3 N–H and O–H groups in total. The third-order valence-corrected chi connectivity index (χ3v) is 3.34. The van der Waals surface area contributed by atoms with E-state index in [0.717, 1.165) is 0 Å². The standard InChI is InChI=1S/C18H17N3O5/c22-11-10-19-18(24)16(20-17(23)14-4-2-1-3-5-14)12-13-6-8-15(9-7-13)21(25)26/h1-9,12,22H,10-11H2,(H,19,24)(H,20,23). The molecule has 134 valence electrons. The minimum absolute atomic E-state index is 0.0254. The first kappa shape index (κ1) is 18.8. The van der Waals surface area contributed by atoms with Crippen LogP contribution in [0.5, 0.6) is 0 Å². The number of rotatable bonds is 7. The molecule has 0 radical (unpaired) electrons. The molecule has 2 aromatic carbocycles. The van der Waals surface area contributed by atoms with E-state index in [2.05, 4.69) is 10.6 Å². The van der Waals surface area contributed by atoms with Crippen LogP contribution in [0.25, 0.3) is 6.08 Å². The monoisotopic (exact) mass is 355 g/mol. The van der Waals surface area contributed by atoms with Crippen molar-refractivity contribution in [3.8, 4) is 0 Å². The van der Waals surface area contributed by atoms with E-state index in [-0.39, 0.29) is 24.5 Å². The first-order valence-corrected chi connectivity index (χ1v) is 7.73. The molecule has 2 rings (SSSR count). The van der Waals surface area contributed by atoms with Crippen molar-refractivity contribution in [2.24, 2.45) is 0 Å². The summed E-state index contributed by atoms with van der Waals surface area (Å²) in [7, 11) is 0. The number of carbonyl (C=O) groups is 2. The number of amides is 2. The third-order valence-electron chi connectivity index (χ3n) is 3.34. The summed E-state index contributed by atoms with van der Waals surface area (Å²) in [5.41, 5.74) is 0.748. The molecule has 0 saturated heterocycles. The van der Waals surface area contributed by atoms with Crippen LogP contribution < -0.4 is 10.6 Å². The second-order valence-electron chi connectivity index (χ2n) is 5.21. The summed E-state index contributed by atoms with van der Waals surface area (Å²) < 4.78 is 0. The van der Waals surface area contributed by atoms with E-state index < -0.39 is 16.7 Å². The highest BCUT2D eigenvalue weighted by molar-refractivity contribution is 6.05. The lowest BCUT2D eigenvalue weighted by atomic mass is 10.1. The average Bonchev–Trinajstić information content (AvgIpc) is 2.66. The quantitative estimate of drug-likeness (QED) is 0.394. The Morgan fingerprint density at radius 3 is 2.31 bits per heavy atom. The van der Waals surface area contributed by atoms with Crippen LogP contribution in [0.4, 0.5) is 5.69 Å². The lowest BCUT2D eigenvalue weighted by Crippen LogP contribution is -2.36. The van der Waals surface area contributed by atoms with Crippen molar-refractivity contribution in [2.45, 2.75) is 0 Å². The fourth-order valence-electron chi connectivity index (χ4n) is 2.07. The van der Waals surface area contributed by atoms with Gasteiger partial charge in [-0.25, -0.2) is 0 Å². The van der Waals surface area contributed by atoms with E-state index in [1.165, 1.54) is 30.3 Å². The first-order chi connectivity index (χ1) is 12.5. The number of hydrogen-bond donors (Lipinski definition) is 3. The zero-order valence-electron chi connectivity index (χ0n) is 13.7. The summed E-state index contributed by atoms with van der Waals surface area (Å²) in [4.78, 5) is 34.7. The zero-order chi connectivity index (χ0) is 18.9. The van der Waals surface area contributed by atoms with Gasteiger partial charge in [-0.15, -0.1) is 0 Å². The van der Waals surface area contributed by atoms with Crippen molar-refractivity contribution in [2.75, 3.05) is 13.2 Å². The molecule has 0 aliphatic heterocycles. The van der Waals surface area contributed by atoms with Crippen molar-refractivity contribution in [1.29, 1.82) is 0 Å². The van der Waals surface area contributed by atoms with Crippen LogP contribution in [0.3, 0.4) is 0 Å². The summed E-state index contributed by atoms with van der Waals surface area (Å²) >= 11 is 0. The van der Waals surface area contributed by atoms with Crippen LogP contribution >= 0.6 is 0 Å². The number of carbonyl (C=O) groups excluding carboxylic acids is 2. The molecule has 26 heavy (non-hydrogen) atoms. The molecular weight excluding hydrogens is 338 g/mol. The molecule has 0 atom stereocenters. The van der Waals surface area contributed by atoms with Gasteiger partial charge < -0.3 is 15.7 Å². The Kier molecular flexibility index (Phi) is 6.58. The first-order valence-electron chi connectivity index (χ1n) is 7.73. The van der Waals surface area contributed by atoms with E-state index >= 15 is 0 Å². The smallest absolute Gasteiger partial charge is 0.269 e. The van der Waals surface area contributed by atoms with E-state index in [1.807, 2.05) is 0 Å². The van der Waals surface area contributed by atoms with Gasteiger partial charge in [0, 0.05) is 24.2 Å². The molecular formula is C18H17N3O5. The van der Waals surface area contributed by atoms with Gasteiger partial charge in [0.15, 0.2) is 0 Å². The minimum Gasteiger partial charge on any atom is -0.395 e. The summed E-state index contributed by atoms with van der Waals surface area (Å²) in [6.07, 6.45) is 1.40. The Morgan fingerprint density at radius 2 is 1.73 bits per heavy atom. The number of non-ortho nitro benzene ring substituents is 1. The van der Waals surface area contributed by atoms with Gasteiger partial charge in [-0.05, 0) is 35.9 Å². The Hall–Kier alpha value is -3.52. The summed E-state index contributed by atoms with van der Waals surface area (Å²) in [6, 6.07) is 13.9.